The van der Waals surface area contributed by atoms with Gasteiger partial charge in [-0.25, -0.2) is 0 Å². The van der Waals surface area contributed by atoms with E-state index in [1.807, 2.05) is 0 Å². The second kappa shape index (κ2) is 10.3. The summed E-state index contributed by atoms with van der Waals surface area (Å²) in [5.41, 5.74) is 17.7. The Bertz CT molecular complexity index is 2600. The van der Waals surface area contributed by atoms with Crippen LogP contribution in [0.1, 0.15) is 38.9 Å². The van der Waals surface area contributed by atoms with Crippen LogP contribution in [0.25, 0.3) is 43.8 Å². The highest BCUT2D eigenvalue weighted by Gasteiger charge is 2.52. The number of anilines is 3. The first-order valence-electron chi connectivity index (χ1n) is 17.3. The zero-order valence-electron chi connectivity index (χ0n) is 28.0. The third-order valence-electron chi connectivity index (χ3n) is 11.1. The predicted molar refractivity (Wildman–Crippen MR) is 207 cm³/mol. The lowest BCUT2D eigenvalue weighted by Gasteiger charge is -2.33. The summed E-state index contributed by atoms with van der Waals surface area (Å²) in [5.74, 6) is 0. The highest BCUT2D eigenvalue weighted by molar-refractivity contribution is 6.16. The third kappa shape index (κ3) is 3.76. The minimum atomic E-state index is -0.457. The summed E-state index contributed by atoms with van der Waals surface area (Å²) in [4.78, 5) is 2.51. The highest BCUT2D eigenvalue weighted by atomic mass is 15.1. The Morgan fingerprint density at radius 1 is 0.408 bits per heavy atom. The minimum Gasteiger partial charge on any atom is -0.310 e. The first-order valence-corrected chi connectivity index (χ1v) is 17.3. The van der Waals surface area contributed by atoms with E-state index in [0.29, 0.717) is 0 Å². The van der Waals surface area contributed by atoms with Gasteiger partial charge in [-0.15, -0.1) is 0 Å². The average Bonchev–Trinajstić information content (AvgIpc) is 3.61. The van der Waals surface area contributed by atoms with Crippen LogP contribution in [0.15, 0.2) is 158 Å². The molecule has 8 aromatic carbocycles. The van der Waals surface area contributed by atoms with Gasteiger partial charge in [0.2, 0.25) is 0 Å². The average molecular weight is 626 g/mol. The normalized spacial score (nSPS) is 13.4. The van der Waals surface area contributed by atoms with Crippen LogP contribution in [0.4, 0.5) is 17.1 Å². The number of rotatable bonds is 3. The molecule has 0 atom stereocenters. The summed E-state index contributed by atoms with van der Waals surface area (Å²) in [6.07, 6.45) is 0. The van der Waals surface area contributed by atoms with E-state index in [-0.39, 0.29) is 0 Å². The summed E-state index contributed by atoms with van der Waals surface area (Å²) in [6, 6.07) is 59.4. The SMILES string of the molecule is Cc1ccc(N(c2cc(C)ccc2C)c2cc3c(c4ccccc24)-c2c(ccc4ccccc24)C32c3ccccc3-c3ccccc32)cc1. The smallest absolute Gasteiger partial charge is 0.0726 e. The lowest BCUT2D eigenvalue weighted by Crippen LogP contribution is -2.26. The van der Waals surface area contributed by atoms with Crippen molar-refractivity contribution in [1.29, 1.82) is 0 Å². The maximum atomic E-state index is 2.55. The lowest BCUT2D eigenvalue weighted by atomic mass is 9.70. The fourth-order valence-corrected chi connectivity index (χ4v) is 8.98. The van der Waals surface area contributed by atoms with Gasteiger partial charge in [0, 0.05) is 16.8 Å². The largest absolute Gasteiger partial charge is 0.310 e. The Hall–Kier alpha value is -5.92. The van der Waals surface area contributed by atoms with Crippen LogP contribution in [-0.4, -0.2) is 0 Å². The van der Waals surface area contributed by atoms with Crippen LogP contribution in [0.5, 0.6) is 0 Å². The Morgan fingerprint density at radius 3 is 1.73 bits per heavy atom. The molecule has 0 bridgehead atoms. The van der Waals surface area contributed by atoms with Crippen molar-refractivity contribution in [2.75, 3.05) is 4.90 Å². The first-order chi connectivity index (χ1) is 24.1. The van der Waals surface area contributed by atoms with E-state index in [1.54, 1.807) is 0 Å². The van der Waals surface area contributed by atoms with Crippen molar-refractivity contribution in [1.82, 2.24) is 0 Å². The maximum absolute atomic E-state index is 2.55. The standard InChI is InChI=1S/C48H35N/c1-30-21-25-34(26-22-30)49(44-28-31(2)20-23-32(44)3)45-29-43-47(39-17-7-6-16-38(39)45)46-35-13-5-4-12-33(35)24-27-42(46)48(43)40-18-10-8-14-36(40)37-15-9-11-19-41(37)48/h4-29H,1-3H3. The van der Waals surface area contributed by atoms with Crippen molar-refractivity contribution in [3.63, 3.8) is 0 Å². The molecule has 2 aliphatic rings. The quantitative estimate of drug-likeness (QED) is 0.189. The molecule has 2 aliphatic carbocycles. The van der Waals surface area contributed by atoms with E-state index < -0.39 is 5.41 Å². The van der Waals surface area contributed by atoms with Crippen molar-refractivity contribution in [3.05, 3.63) is 197 Å². The van der Waals surface area contributed by atoms with Gasteiger partial charge in [0.05, 0.1) is 11.1 Å². The van der Waals surface area contributed by atoms with Crippen molar-refractivity contribution in [2.24, 2.45) is 0 Å². The van der Waals surface area contributed by atoms with E-state index in [0.717, 1.165) is 5.69 Å². The Morgan fingerprint density at radius 2 is 1.00 bits per heavy atom. The van der Waals surface area contributed by atoms with Crippen molar-refractivity contribution < 1.29 is 0 Å². The molecule has 0 unspecified atom stereocenters. The molecule has 49 heavy (non-hydrogen) atoms. The summed E-state index contributed by atoms with van der Waals surface area (Å²) in [6.45, 7) is 6.59. The fraction of sp³-hybridized carbons (Fsp3) is 0.0833. The molecule has 0 aromatic heterocycles. The second-order valence-corrected chi connectivity index (χ2v) is 13.9. The van der Waals surface area contributed by atoms with Crippen LogP contribution >= 0.6 is 0 Å². The topological polar surface area (TPSA) is 3.24 Å². The second-order valence-electron chi connectivity index (χ2n) is 13.9. The van der Waals surface area contributed by atoms with Crippen LogP contribution in [0.2, 0.25) is 0 Å². The van der Waals surface area contributed by atoms with E-state index in [2.05, 4.69) is 183 Å². The molecular formula is C48H35N. The summed E-state index contributed by atoms with van der Waals surface area (Å²) in [7, 11) is 0. The molecule has 0 heterocycles. The fourth-order valence-electron chi connectivity index (χ4n) is 8.98. The number of hydrogen-bond donors (Lipinski definition) is 0. The predicted octanol–water partition coefficient (Wildman–Crippen LogP) is 12.7. The molecule has 0 radical (unpaired) electrons. The molecule has 0 amide bonds. The molecule has 1 heteroatoms. The monoisotopic (exact) mass is 625 g/mol. The highest BCUT2D eigenvalue weighted by Crippen LogP contribution is 2.65. The summed E-state index contributed by atoms with van der Waals surface area (Å²) < 4.78 is 0. The molecule has 0 N–H and O–H groups in total. The van der Waals surface area contributed by atoms with Gasteiger partial charge in [0.1, 0.15) is 0 Å². The summed E-state index contributed by atoms with van der Waals surface area (Å²) in [5, 5.41) is 5.11. The van der Waals surface area contributed by atoms with E-state index >= 15 is 0 Å². The van der Waals surface area contributed by atoms with Gasteiger partial charge in [0.15, 0.2) is 0 Å². The zero-order valence-corrected chi connectivity index (χ0v) is 28.0. The number of fused-ring (bicyclic) bond motifs is 14. The van der Waals surface area contributed by atoms with Gasteiger partial charge in [-0.05, 0) is 117 Å². The molecular weight excluding hydrogens is 591 g/mol. The van der Waals surface area contributed by atoms with Crippen molar-refractivity contribution in [3.8, 4) is 22.3 Å². The van der Waals surface area contributed by atoms with Gasteiger partial charge in [0.25, 0.3) is 0 Å². The molecule has 232 valence electrons. The Balaban J connectivity index is 1.42. The van der Waals surface area contributed by atoms with Gasteiger partial charge in [-0.1, -0.05) is 139 Å². The molecule has 0 saturated carbocycles. The van der Waals surface area contributed by atoms with E-state index in [4.69, 9.17) is 0 Å². The summed E-state index contributed by atoms with van der Waals surface area (Å²) >= 11 is 0. The zero-order chi connectivity index (χ0) is 32.9. The van der Waals surface area contributed by atoms with Gasteiger partial charge >= 0.3 is 0 Å². The molecule has 1 nitrogen and oxygen atoms in total. The molecule has 0 saturated heterocycles. The number of hydrogen-bond acceptors (Lipinski definition) is 1. The van der Waals surface area contributed by atoms with Gasteiger partial charge < -0.3 is 4.90 Å². The number of aryl methyl sites for hydroxylation is 3. The minimum absolute atomic E-state index is 0.457. The van der Waals surface area contributed by atoms with E-state index in [1.165, 1.54) is 94.1 Å². The number of benzene rings is 8. The molecule has 0 aliphatic heterocycles. The van der Waals surface area contributed by atoms with Crippen LogP contribution in [0, 0.1) is 20.8 Å². The Labute approximate surface area is 287 Å². The molecule has 0 fully saturated rings. The molecule has 1 spiro atoms. The van der Waals surface area contributed by atoms with E-state index in [9.17, 15) is 0 Å². The third-order valence-corrected chi connectivity index (χ3v) is 11.1. The van der Waals surface area contributed by atoms with Gasteiger partial charge in [-0.3, -0.25) is 0 Å². The van der Waals surface area contributed by atoms with Crippen LogP contribution < -0.4 is 4.90 Å². The first kappa shape index (κ1) is 28.1. The van der Waals surface area contributed by atoms with Crippen molar-refractivity contribution >= 4 is 38.6 Å². The van der Waals surface area contributed by atoms with Crippen LogP contribution in [-0.2, 0) is 5.41 Å². The van der Waals surface area contributed by atoms with Gasteiger partial charge in [-0.2, -0.15) is 0 Å². The Kier molecular flexibility index (Phi) is 5.91. The maximum Gasteiger partial charge on any atom is 0.0726 e. The lowest BCUT2D eigenvalue weighted by molar-refractivity contribution is 0.795. The van der Waals surface area contributed by atoms with Crippen LogP contribution in [0.3, 0.4) is 0 Å². The van der Waals surface area contributed by atoms with Crippen molar-refractivity contribution in [2.45, 2.75) is 26.2 Å². The number of nitrogens with zero attached hydrogens (tertiary/aromatic N) is 1. The molecule has 8 aromatic rings. The molecule has 10 rings (SSSR count).